The van der Waals surface area contributed by atoms with Gasteiger partial charge in [0.1, 0.15) is 5.75 Å². The summed E-state index contributed by atoms with van der Waals surface area (Å²) in [5.74, 6) is -0.171. The van der Waals surface area contributed by atoms with E-state index in [1.165, 1.54) is 12.1 Å². The molecule has 2 N–H and O–H groups in total. The van der Waals surface area contributed by atoms with E-state index >= 15 is 0 Å². The molecule has 3 nitrogen and oxygen atoms in total. The molecule has 0 spiro atoms. The van der Waals surface area contributed by atoms with E-state index in [-0.39, 0.29) is 23.6 Å². The minimum Gasteiger partial charge on any atom is -0.406 e. The molecule has 1 atom stereocenters. The highest BCUT2D eigenvalue weighted by Gasteiger charge is 2.33. The number of rotatable bonds is 4. The van der Waals surface area contributed by atoms with Gasteiger partial charge in [0.2, 0.25) is 0 Å². The van der Waals surface area contributed by atoms with Crippen molar-refractivity contribution in [3.63, 3.8) is 0 Å². The van der Waals surface area contributed by atoms with E-state index < -0.39 is 6.36 Å². The summed E-state index contributed by atoms with van der Waals surface area (Å²) in [6.07, 6.45) is -3.63. The fraction of sp³-hybridized carbons (Fsp3) is 0.571. The summed E-state index contributed by atoms with van der Waals surface area (Å²) in [6, 6.07) is 6.13. The Labute approximate surface area is 128 Å². The lowest BCUT2D eigenvalue weighted by Crippen LogP contribution is -2.31. The SMILES string of the molecule is CC1(CN)CCN(Cc2cccc(OC(F)(F)F)c2)C1.Cl. The Morgan fingerprint density at radius 1 is 1.38 bits per heavy atom. The van der Waals surface area contributed by atoms with Crippen LogP contribution in [0, 0.1) is 5.41 Å². The summed E-state index contributed by atoms with van der Waals surface area (Å²) in [7, 11) is 0. The van der Waals surface area contributed by atoms with E-state index in [0.717, 1.165) is 25.1 Å². The molecular weight excluding hydrogens is 305 g/mol. The van der Waals surface area contributed by atoms with Crippen molar-refractivity contribution in [3.05, 3.63) is 29.8 Å². The van der Waals surface area contributed by atoms with Crippen molar-refractivity contribution in [2.45, 2.75) is 26.3 Å². The molecule has 21 heavy (non-hydrogen) atoms. The van der Waals surface area contributed by atoms with Gasteiger partial charge in [0.15, 0.2) is 0 Å². The van der Waals surface area contributed by atoms with E-state index in [1.807, 2.05) is 0 Å². The van der Waals surface area contributed by atoms with Crippen molar-refractivity contribution >= 4 is 12.4 Å². The molecule has 1 fully saturated rings. The number of hydrogen-bond donors (Lipinski definition) is 1. The molecule has 0 aliphatic carbocycles. The standard InChI is InChI=1S/C14H19F3N2O.ClH/c1-13(9-18)5-6-19(10-13)8-11-3-2-4-12(7-11)20-14(15,16)17;/h2-4,7H,5-6,8-10,18H2,1H3;1H. The quantitative estimate of drug-likeness (QED) is 0.924. The predicted octanol–water partition coefficient (Wildman–Crippen LogP) is 3.18. The molecule has 1 heterocycles. The van der Waals surface area contributed by atoms with E-state index in [1.54, 1.807) is 12.1 Å². The van der Waals surface area contributed by atoms with Crippen molar-refractivity contribution in [3.8, 4) is 5.75 Å². The van der Waals surface area contributed by atoms with Crippen LogP contribution in [0.2, 0.25) is 0 Å². The van der Waals surface area contributed by atoms with Gasteiger partial charge < -0.3 is 10.5 Å². The van der Waals surface area contributed by atoms with Gasteiger partial charge in [-0.15, -0.1) is 25.6 Å². The number of likely N-dealkylation sites (tertiary alicyclic amines) is 1. The van der Waals surface area contributed by atoms with Gasteiger partial charge >= 0.3 is 6.36 Å². The van der Waals surface area contributed by atoms with Crippen molar-refractivity contribution in [1.29, 1.82) is 0 Å². The molecule has 0 saturated carbocycles. The maximum Gasteiger partial charge on any atom is 0.573 e. The van der Waals surface area contributed by atoms with Crippen LogP contribution in [-0.2, 0) is 6.54 Å². The summed E-state index contributed by atoms with van der Waals surface area (Å²) >= 11 is 0. The summed E-state index contributed by atoms with van der Waals surface area (Å²) in [6.45, 7) is 5.16. The second-order valence-electron chi connectivity index (χ2n) is 5.67. The maximum absolute atomic E-state index is 12.2. The lowest BCUT2D eigenvalue weighted by Gasteiger charge is -2.22. The molecule has 0 radical (unpaired) electrons. The number of alkyl halides is 3. The minimum atomic E-state index is -4.65. The highest BCUT2D eigenvalue weighted by atomic mass is 35.5. The van der Waals surface area contributed by atoms with Crippen molar-refractivity contribution in [2.75, 3.05) is 19.6 Å². The van der Waals surface area contributed by atoms with E-state index in [9.17, 15) is 13.2 Å². The van der Waals surface area contributed by atoms with Crippen LogP contribution in [-0.4, -0.2) is 30.9 Å². The molecular formula is C14H20ClF3N2O. The third-order valence-corrected chi connectivity index (χ3v) is 3.67. The van der Waals surface area contributed by atoms with Crippen LogP contribution in [0.25, 0.3) is 0 Å². The number of hydrogen-bond acceptors (Lipinski definition) is 3. The molecule has 1 aromatic carbocycles. The Kier molecular flexibility index (Phi) is 5.90. The number of nitrogens with two attached hydrogens (primary N) is 1. The summed E-state index contributed by atoms with van der Waals surface area (Å²) in [5.41, 5.74) is 6.67. The first kappa shape index (κ1) is 18.1. The van der Waals surface area contributed by atoms with E-state index in [4.69, 9.17) is 5.73 Å². The first-order valence-electron chi connectivity index (χ1n) is 6.57. The van der Waals surface area contributed by atoms with Gasteiger partial charge in [-0.25, -0.2) is 0 Å². The summed E-state index contributed by atoms with van der Waals surface area (Å²) in [5, 5.41) is 0. The zero-order valence-corrected chi connectivity index (χ0v) is 12.6. The minimum absolute atomic E-state index is 0. The fourth-order valence-electron chi connectivity index (χ4n) is 2.53. The molecule has 0 aromatic heterocycles. The first-order chi connectivity index (χ1) is 9.30. The molecule has 120 valence electrons. The monoisotopic (exact) mass is 324 g/mol. The number of ether oxygens (including phenoxy) is 1. The largest absolute Gasteiger partial charge is 0.573 e. The van der Waals surface area contributed by atoms with Crippen LogP contribution in [0.3, 0.4) is 0 Å². The highest BCUT2D eigenvalue weighted by Crippen LogP contribution is 2.30. The average molecular weight is 325 g/mol. The zero-order valence-electron chi connectivity index (χ0n) is 11.8. The smallest absolute Gasteiger partial charge is 0.406 e. The van der Waals surface area contributed by atoms with Gasteiger partial charge in [0.05, 0.1) is 0 Å². The van der Waals surface area contributed by atoms with Gasteiger partial charge in [-0.05, 0) is 42.6 Å². The second-order valence-corrected chi connectivity index (χ2v) is 5.67. The number of halogens is 4. The Morgan fingerprint density at radius 2 is 2.10 bits per heavy atom. The predicted molar refractivity (Wildman–Crippen MR) is 77.4 cm³/mol. The van der Waals surface area contributed by atoms with Gasteiger partial charge in [-0.1, -0.05) is 19.1 Å². The summed E-state index contributed by atoms with van der Waals surface area (Å²) < 4.78 is 40.5. The van der Waals surface area contributed by atoms with Crippen LogP contribution < -0.4 is 10.5 Å². The number of nitrogens with zero attached hydrogens (tertiary/aromatic N) is 1. The number of benzene rings is 1. The molecule has 1 aliphatic rings. The highest BCUT2D eigenvalue weighted by molar-refractivity contribution is 5.85. The zero-order chi connectivity index (χ0) is 14.8. The molecule has 1 aliphatic heterocycles. The van der Waals surface area contributed by atoms with Crippen molar-refractivity contribution in [1.82, 2.24) is 4.90 Å². The van der Waals surface area contributed by atoms with Crippen LogP contribution in [0.5, 0.6) is 5.75 Å². The molecule has 0 bridgehead atoms. The van der Waals surface area contributed by atoms with Crippen LogP contribution in [0.15, 0.2) is 24.3 Å². The summed E-state index contributed by atoms with van der Waals surface area (Å²) in [4.78, 5) is 2.21. The Morgan fingerprint density at radius 3 is 2.67 bits per heavy atom. The topological polar surface area (TPSA) is 38.5 Å². The van der Waals surface area contributed by atoms with Crippen LogP contribution in [0.1, 0.15) is 18.9 Å². The van der Waals surface area contributed by atoms with Gasteiger partial charge in [-0.3, -0.25) is 4.90 Å². The molecule has 2 rings (SSSR count). The lowest BCUT2D eigenvalue weighted by molar-refractivity contribution is -0.274. The van der Waals surface area contributed by atoms with Crippen LogP contribution in [0.4, 0.5) is 13.2 Å². The van der Waals surface area contributed by atoms with Gasteiger partial charge in [0.25, 0.3) is 0 Å². The molecule has 0 amide bonds. The van der Waals surface area contributed by atoms with Gasteiger partial charge in [0, 0.05) is 13.1 Å². The normalized spacial score (nSPS) is 22.9. The van der Waals surface area contributed by atoms with Gasteiger partial charge in [-0.2, -0.15) is 0 Å². The molecule has 7 heteroatoms. The third kappa shape index (κ3) is 5.37. The van der Waals surface area contributed by atoms with Crippen LogP contribution >= 0.6 is 12.4 Å². The Balaban J connectivity index is 0.00000220. The lowest BCUT2D eigenvalue weighted by atomic mass is 9.90. The van der Waals surface area contributed by atoms with E-state index in [0.29, 0.717) is 13.1 Å². The first-order valence-corrected chi connectivity index (χ1v) is 6.57. The molecule has 1 unspecified atom stereocenters. The Hall–Kier alpha value is -0.980. The molecule has 1 saturated heterocycles. The van der Waals surface area contributed by atoms with Crippen molar-refractivity contribution in [2.24, 2.45) is 11.1 Å². The maximum atomic E-state index is 12.2. The van der Waals surface area contributed by atoms with E-state index in [2.05, 4.69) is 16.6 Å². The van der Waals surface area contributed by atoms with Crippen molar-refractivity contribution < 1.29 is 17.9 Å². The third-order valence-electron chi connectivity index (χ3n) is 3.67. The second kappa shape index (κ2) is 6.85. The molecule has 1 aromatic rings. The fourth-order valence-corrected chi connectivity index (χ4v) is 2.53. The average Bonchev–Trinajstić information content (AvgIpc) is 2.70. The Bertz CT molecular complexity index is 470.